The van der Waals surface area contributed by atoms with Crippen LogP contribution in [0.3, 0.4) is 0 Å². The zero-order valence-electron chi connectivity index (χ0n) is 28.4. The van der Waals surface area contributed by atoms with Crippen LogP contribution in [0.1, 0.15) is 58.8 Å². The second-order valence-electron chi connectivity index (χ2n) is 13.3. The molecule has 9 nitrogen and oxygen atoms in total. The molecule has 10 heteroatoms. The van der Waals surface area contributed by atoms with Gasteiger partial charge < -0.3 is 24.4 Å². The predicted octanol–water partition coefficient (Wildman–Crippen LogP) is 6.43. The van der Waals surface area contributed by atoms with Gasteiger partial charge in [-0.1, -0.05) is 25.1 Å². The Labute approximate surface area is 271 Å². The zero-order chi connectivity index (χ0) is 32.8. The van der Waals surface area contributed by atoms with Gasteiger partial charge >= 0.3 is 6.01 Å². The van der Waals surface area contributed by atoms with E-state index in [0.29, 0.717) is 35.7 Å². The summed E-state index contributed by atoms with van der Waals surface area (Å²) >= 11 is 0. The van der Waals surface area contributed by atoms with Crippen LogP contribution in [0.5, 0.6) is 11.8 Å². The first-order valence-corrected chi connectivity index (χ1v) is 16.5. The minimum absolute atomic E-state index is 0.0125. The summed E-state index contributed by atoms with van der Waals surface area (Å²) in [5, 5.41) is 5.91. The van der Waals surface area contributed by atoms with Crippen molar-refractivity contribution >= 4 is 27.5 Å². The fourth-order valence-corrected chi connectivity index (χ4v) is 7.64. The van der Waals surface area contributed by atoms with Crippen molar-refractivity contribution in [1.82, 2.24) is 24.8 Å². The second kappa shape index (κ2) is 12.5. The predicted molar refractivity (Wildman–Crippen MR) is 179 cm³/mol. The van der Waals surface area contributed by atoms with E-state index in [2.05, 4.69) is 42.2 Å². The third-order valence-electron chi connectivity index (χ3n) is 10.6. The number of hydrogen-bond donors (Lipinski definition) is 1. The molecule has 2 aromatic carbocycles. The van der Waals surface area contributed by atoms with Gasteiger partial charge in [-0.15, -0.1) is 0 Å². The molecule has 1 aliphatic carbocycles. The van der Waals surface area contributed by atoms with Gasteiger partial charge in [0, 0.05) is 32.3 Å². The Morgan fingerprint density at radius 2 is 1.93 bits per heavy atom. The molecule has 7 rings (SSSR count). The molecule has 2 aliphatic heterocycles. The van der Waals surface area contributed by atoms with Gasteiger partial charge in [-0.05, 0) is 107 Å². The summed E-state index contributed by atoms with van der Waals surface area (Å²) in [6.07, 6.45) is 9.53. The highest BCUT2D eigenvalue weighted by atomic mass is 19.1. The maximum absolute atomic E-state index is 17.0. The van der Waals surface area contributed by atoms with Gasteiger partial charge in [-0.2, -0.15) is 9.97 Å². The van der Waals surface area contributed by atoms with Crippen molar-refractivity contribution in [3.8, 4) is 23.0 Å². The molecule has 1 saturated carbocycles. The zero-order valence-corrected chi connectivity index (χ0v) is 27.4. The number of rotatable bonds is 12. The maximum Gasteiger partial charge on any atom is 0.319 e. The summed E-state index contributed by atoms with van der Waals surface area (Å²) < 4.78 is 42.9. The summed E-state index contributed by atoms with van der Waals surface area (Å²) in [6.45, 7) is 3.89. The Kier molecular flexibility index (Phi) is 8.12. The molecular weight excluding hydrogens is 583 g/mol. The van der Waals surface area contributed by atoms with E-state index in [1.807, 2.05) is 24.3 Å². The van der Waals surface area contributed by atoms with Crippen molar-refractivity contribution in [2.45, 2.75) is 69.4 Å². The number of ether oxygens (including phenoxy) is 3. The second-order valence-corrected chi connectivity index (χ2v) is 13.3. The molecule has 2 saturated heterocycles. The molecule has 3 fully saturated rings. The van der Waals surface area contributed by atoms with Crippen LogP contribution in [0.4, 0.5) is 10.2 Å². The van der Waals surface area contributed by atoms with E-state index >= 15 is 4.39 Å². The van der Waals surface area contributed by atoms with Gasteiger partial charge in [-0.25, -0.2) is 4.39 Å². The van der Waals surface area contributed by atoms with Crippen LogP contribution in [0.25, 0.3) is 32.9 Å². The summed E-state index contributed by atoms with van der Waals surface area (Å²) in [5.74, 6) is 0.544. The van der Waals surface area contributed by atoms with E-state index in [0.717, 1.165) is 67.8 Å². The lowest BCUT2D eigenvalue weighted by molar-refractivity contribution is 0.0512. The summed E-state index contributed by atoms with van der Waals surface area (Å²) in [5.41, 5.74) is 1.89. The first-order valence-electron chi connectivity index (χ1n) is 17.1. The first-order chi connectivity index (χ1) is 22.8. The highest BCUT2D eigenvalue weighted by Gasteiger charge is 2.45. The average molecular weight is 630 g/mol. The van der Waals surface area contributed by atoms with Crippen LogP contribution in [0.15, 0.2) is 36.5 Å². The number of anilines is 1. The molecule has 1 N–H and O–H groups in total. The molecule has 2 aromatic heterocycles. The monoisotopic (exact) mass is 629 g/mol. The Morgan fingerprint density at radius 1 is 1.09 bits per heavy atom. The quantitative estimate of drug-likeness (QED) is 0.178. The number of hydrogen-bond acceptors (Lipinski definition) is 9. The minimum Gasteiger partial charge on any atom is -0.468 e. The number of aryl methyl sites for hydroxylation is 1. The lowest BCUT2D eigenvalue weighted by Gasteiger charge is -2.47. The standard InChI is InChI=1S/C36H45FN6O3/c1-5-24-10-6-11-25-18-26(46-23-44-4)19-27(29(24)25)31-30(37)32-28(20-38-31)33(39-21-35(42(2)3)12-7-13-35)41-34(40-32)45-22-36-14-8-16-43(36)17-9-15-36/h6,10-11,18-20H,5,7-9,12-17,21-23H2,1-4H3,(H,39,40,41)/i16D/t16-,36?/m1/s1. The normalized spacial score (nSPS) is 22.7. The van der Waals surface area contributed by atoms with E-state index in [4.69, 9.17) is 30.5 Å². The van der Waals surface area contributed by atoms with Gasteiger partial charge in [0.15, 0.2) is 12.6 Å². The third kappa shape index (κ3) is 5.44. The van der Waals surface area contributed by atoms with Crippen LogP contribution in [0, 0.1) is 5.82 Å². The Hall–Kier alpha value is -3.60. The average Bonchev–Trinajstić information content (AvgIpc) is 3.61. The topological polar surface area (TPSA) is 84.9 Å². The number of nitrogens with zero attached hydrogens (tertiary/aromatic N) is 5. The van der Waals surface area contributed by atoms with Crippen molar-refractivity contribution < 1.29 is 20.0 Å². The first kappa shape index (κ1) is 29.8. The number of halogens is 1. The Balaban J connectivity index is 1.33. The van der Waals surface area contributed by atoms with Gasteiger partial charge in [0.1, 0.15) is 29.4 Å². The van der Waals surface area contributed by atoms with Crippen molar-refractivity contribution in [2.24, 2.45) is 0 Å². The molecule has 3 aliphatic rings. The number of nitrogens with one attached hydrogen (secondary N) is 1. The van der Waals surface area contributed by atoms with E-state index in [9.17, 15) is 0 Å². The molecule has 46 heavy (non-hydrogen) atoms. The fourth-order valence-electron chi connectivity index (χ4n) is 7.64. The van der Waals surface area contributed by atoms with Crippen LogP contribution < -0.4 is 14.8 Å². The number of likely N-dealkylation sites (N-methyl/N-ethyl adjacent to an activating group) is 1. The van der Waals surface area contributed by atoms with Crippen molar-refractivity contribution in [3.63, 3.8) is 0 Å². The number of pyridine rings is 1. The summed E-state index contributed by atoms with van der Waals surface area (Å²) in [7, 11) is 5.78. The van der Waals surface area contributed by atoms with E-state index in [1.54, 1.807) is 13.3 Å². The molecule has 0 bridgehead atoms. The molecule has 2 atom stereocenters. The molecule has 4 aromatic rings. The Bertz CT molecular complexity index is 1790. The molecule has 1 unspecified atom stereocenters. The van der Waals surface area contributed by atoms with Crippen LogP contribution in [-0.4, -0.2) is 90.0 Å². The fraction of sp³-hybridized carbons (Fsp3) is 0.528. The molecule has 4 heterocycles. The van der Waals surface area contributed by atoms with E-state index in [1.165, 1.54) is 6.42 Å². The number of methoxy groups -OCH3 is 1. The number of benzene rings is 2. The van der Waals surface area contributed by atoms with Gasteiger partial charge in [-0.3, -0.25) is 9.88 Å². The maximum atomic E-state index is 17.0. The van der Waals surface area contributed by atoms with Crippen molar-refractivity contribution in [3.05, 3.63) is 47.9 Å². The minimum atomic E-state index is -0.535. The Morgan fingerprint density at radius 3 is 2.70 bits per heavy atom. The smallest absolute Gasteiger partial charge is 0.319 e. The SMILES string of the molecule is [2H][C@@H]1CCC2(COc3nc(NCC4(N(C)C)CCC4)c4cnc(-c5cc(OCOC)cc6cccc(CC)c56)c(F)c4n3)CCCN12. The molecule has 244 valence electrons. The highest BCUT2D eigenvalue weighted by Crippen LogP contribution is 2.41. The van der Waals surface area contributed by atoms with E-state index < -0.39 is 5.82 Å². The molecule has 0 amide bonds. The third-order valence-corrected chi connectivity index (χ3v) is 10.6. The van der Waals surface area contributed by atoms with Crippen LogP contribution in [0.2, 0.25) is 0 Å². The van der Waals surface area contributed by atoms with Crippen molar-refractivity contribution in [2.75, 3.05) is 59.5 Å². The van der Waals surface area contributed by atoms with Gasteiger partial charge in [0.2, 0.25) is 0 Å². The van der Waals surface area contributed by atoms with Crippen LogP contribution in [-0.2, 0) is 11.2 Å². The number of fused-ring (bicyclic) bond motifs is 3. The molecule has 0 spiro atoms. The summed E-state index contributed by atoms with van der Waals surface area (Å²) in [6, 6.07) is 9.99. The highest BCUT2D eigenvalue weighted by molar-refractivity contribution is 6.01. The number of aromatic nitrogens is 3. The van der Waals surface area contributed by atoms with Gasteiger partial charge in [0.05, 0.1) is 10.9 Å². The van der Waals surface area contributed by atoms with E-state index in [-0.39, 0.29) is 41.6 Å². The molecular formula is C36H45FN6O3. The molecule has 0 radical (unpaired) electrons. The lowest BCUT2D eigenvalue weighted by Crippen LogP contribution is -2.54. The van der Waals surface area contributed by atoms with Gasteiger partial charge in [0.25, 0.3) is 0 Å². The largest absolute Gasteiger partial charge is 0.468 e. The van der Waals surface area contributed by atoms with Crippen LogP contribution >= 0.6 is 0 Å². The summed E-state index contributed by atoms with van der Waals surface area (Å²) in [4.78, 5) is 18.8. The van der Waals surface area contributed by atoms with Crippen molar-refractivity contribution in [1.29, 1.82) is 0 Å². The lowest BCUT2D eigenvalue weighted by atomic mass is 9.75.